The molecule has 0 saturated carbocycles. The molecule has 7 heteroatoms. The standard InChI is InChI=1S/C15H16F3NO3/c1-10(19-9-12(20)14-7-4-8-21-14)11-5-2-3-6-13(11)22-15(16,17)18/h2-8,10,12,19-20H,9H2,1H3. The van der Waals surface area contributed by atoms with Gasteiger partial charge in [-0.15, -0.1) is 13.2 Å². The molecule has 4 nitrogen and oxygen atoms in total. The number of hydrogen-bond acceptors (Lipinski definition) is 4. The summed E-state index contributed by atoms with van der Waals surface area (Å²) in [5.74, 6) is 0.127. The van der Waals surface area contributed by atoms with Gasteiger partial charge in [-0.1, -0.05) is 18.2 Å². The molecule has 1 aromatic heterocycles. The van der Waals surface area contributed by atoms with Gasteiger partial charge >= 0.3 is 6.36 Å². The minimum atomic E-state index is -4.75. The van der Waals surface area contributed by atoms with Crippen molar-refractivity contribution >= 4 is 0 Å². The summed E-state index contributed by atoms with van der Waals surface area (Å²) in [5.41, 5.74) is 0.353. The van der Waals surface area contributed by atoms with Gasteiger partial charge in [0.25, 0.3) is 0 Å². The summed E-state index contributed by atoms with van der Waals surface area (Å²) < 4.78 is 46.2. The van der Waals surface area contributed by atoms with Crippen molar-refractivity contribution in [2.45, 2.75) is 25.4 Å². The van der Waals surface area contributed by atoms with Gasteiger partial charge in [-0.3, -0.25) is 0 Å². The van der Waals surface area contributed by atoms with E-state index in [2.05, 4.69) is 10.1 Å². The Morgan fingerprint density at radius 2 is 1.95 bits per heavy atom. The van der Waals surface area contributed by atoms with Gasteiger partial charge in [0.05, 0.1) is 6.26 Å². The van der Waals surface area contributed by atoms with Gasteiger partial charge < -0.3 is 19.6 Å². The molecule has 2 unspecified atom stereocenters. The third kappa shape index (κ3) is 4.51. The quantitative estimate of drug-likeness (QED) is 0.856. The lowest BCUT2D eigenvalue weighted by atomic mass is 10.1. The third-order valence-electron chi connectivity index (χ3n) is 3.10. The molecule has 0 amide bonds. The molecule has 0 fully saturated rings. The molecule has 120 valence electrons. The second-order valence-electron chi connectivity index (χ2n) is 4.75. The van der Waals surface area contributed by atoms with Crippen molar-refractivity contribution in [3.8, 4) is 5.75 Å². The predicted octanol–water partition coefficient (Wildman–Crippen LogP) is 3.56. The van der Waals surface area contributed by atoms with Crippen LogP contribution < -0.4 is 10.1 Å². The fourth-order valence-electron chi connectivity index (χ4n) is 2.04. The van der Waals surface area contributed by atoms with Crippen LogP contribution in [0.25, 0.3) is 0 Å². The van der Waals surface area contributed by atoms with E-state index in [0.29, 0.717) is 11.3 Å². The van der Waals surface area contributed by atoms with Gasteiger partial charge in [0, 0.05) is 18.2 Å². The third-order valence-corrected chi connectivity index (χ3v) is 3.10. The molecular weight excluding hydrogens is 299 g/mol. The van der Waals surface area contributed by atoms with Gasteiger partial charge in [-0.05, 0) is 25.1 Å². The van der Waals surface area contributed by atoms with Crippen LogP contribution in [-0.4, -0.2) is 18.0 Å². The number of nitrogens with one attached hydrogen (secondary N) is 1. The van der Waals surface area contributed by atoms with Gasteiger partial charge in [0.1, 0.15) is 17.6 Å². The monoisotopic (exact) mass is 315 g/mol. The maximum Gasteiger partial charge on any atom is 0.573 e. The number of aliphatic hydroxyl groups excluding tert-OH is 1. The molecule has 0 aliphatic rings. The van der Waals surface area contributed by atoms with Crippen LogP contribution in [0, 0.1) is 0 Å². The Kier molecular flexibility index (Phi) is 5.10. The lowest BCUT2D eigenvalue weighted by Crippen LogP contribution is -2.26. The molecule has 0 radical (unpaired) electrons. The molecule has 1 aromatic carbocycles. The van der Waals surface area contributed by atoms with Gasteiger partial charge in [0.2, 0.25) is 0 Å². The number of aliphatic hydroxyl groups is 1. The van der Waals surface area contributed by atoms with Crippen LogP contribution in [0.2, 0.25) is 0 Å². The van der Waals surface area contributed by atoms with Crippen LogP contribution in [-0.2, 0) is 0 Å². The number of para-hydroxylation sites is 1. The van der Waals surface area contributed by atoms with Crippen LogP contribution in [0.1, 0.15) is 30.4 Å². The molecule has 1 heterocycles. The van der Waals surface area contributed by atoms with E-state index in [-0.39, 0.29) is 12.3 Å². The van der Waals surface area contributed by atoms with Gasteiger partial charge in [0.15, 0.2) is 0 Å². The number of hydrogen-bond donors (Lipinski definition) is 2. The highest BCUT2D eigenvalue weighted by Crippen LogP contribution is 2.30. The SMILES string of the molecule is CC(NCC(O)c1ccco1)c1ccccc1OC(F)(F)F. The van der Waals surface area contributed by atoms with Crippen LogP contribution in [0.15, 0.2) is 47.1 Å². The second-order valence-corrected chi connectivity index (χ2v) is 4.75. The fraction of sp³-hybridized carbons (Fsp3) is 0.333. The average molecular weight is 315 g/mol. The van der Waals surface area contributed by atoms with E-state index in [1.54, 1.807) is 25.1 Å². The first-order valence-electron chi connectivity index (χ1n) is 6.66. The van der Waals surface area contributed by atoms with Crippen LogP contribution >= 0.6 is 0 Å². The van der Waals surface area contributed by atoms with E-state index in [4.69, 9.17) is 4.42 Å². The zero-order valence-corrected chi connectivity index (χ0v) is 11.8. The molecule has 2 atom stereocenters. The highest BCUT2D eigenvalue weighted by molar-refractivity contribution is 5.35. The summed E-state index contributed by atoms with van der Waals surface area (Å²) in [7, 11) is 0. The predicted molar refractivity (Wildman–Crippen MR) is 73.2 cm³/mol. The second kappa shape index (κ2) is 6.85. The van der Waals surface area contributed by atoms with E-state index in [0.717, 1.165) is 0 Å². The van der Waals surface area contributed by atoms with Crippen molar-refractivity contribution in [2.24, 2.45) is 0 Å². The minimum absolute atomic E-state index is 0.134. The maximum atomic E-state index is 12.4. The summed E-state index contributed by atoms with van der Waals surface area (Å²) >= 11 is 0. The zero-order valence-electron chi connectivity index (χ0n) is 11.8. The van der Waals surface area contributed by atoms with Crippen molar-refractivity contribution in [1.82, 2.24) is 5.32 Å². The molecular formula is C15H16F3NO3. The van der Waals surface area contributed by atoms with E-state index < -0.39 is 18.5 Å². The molecule has 2 aromatic rings. The molecule has 0 bridgehead atoms. The summed E-state index contributed by atoms with van der Waals surface area (Å²) in [6, 6.07) is 8.71. The highest BCUT2D eigenvalue weighted by atomic mass is 19.4. The number of halogens is 3. The topological polar surface area (TPSA) is 54.6 Å². The summed E-state index contributed by atoms with van der Waals surface area (Å²) in [6.45, 7) is 1.82. The molecule has 0 aliphatic heterocycles. The molecule has 2 rings (SSSR count). The van der Waals surface area contributed by atoms with E-state index in [9.17, 15) is 18.3 Å². The molecule has 2 N–H and O–H groups in total. The van der Waals surface area contributed by atoms with Crippen molar-refractivity contribution in [2.75, 3.05) is 6.54 Å². The Balaban J connectivity index is 2.02. The first-order valence-corrected chi connectivity index (χ1v) is 6.66. The zero-order chi connectivity index (χ0) is 16.2. The van der Waals surface area contributed by atoms with Crippen molar-refractivity contribution in [3.63, 3.8) is 0 Å². The van der Waals surface area contributed by atoms with E-state index in [1.165, 1.54) is 24.5 Å². The molecule has 22 heavy (non-hydrogen) atoms. The Morgan fingerprint density at radius 1 is 1.23 bits per heavy atom. The smallest absolute Gasteiger partial charge is 0.467 e. The largest absolute Gasteiger partial charge is 0.573 e. The molecule has 0 spiro atoms. The number of ether oxygens (including phenoxy) is 1. The number of alkyl halides is 3. The maximum absolute atomic E-state index is 12.4. The summed E-state index contributed by atoms with van der Waals surface area (Å²) in [6.07, 6.45) is -4.19. The lowest BCUT2D eigenvalue weighted by molar-refractivity contribution is -0.275. The fourth-order valence-corrected chi connectivity index (χ4v) is 2.04. The number of rotatable bonds is 6. The van der Waals surface area contributed by atoms with Gasteiger partial charge in [-0.25, -0.2) is 0 Å². The first-order chi connectivity index (χ1) is 10.4. The average Bonchev–Trinajstić information content (AvgIpc) is 2.97. The van der Waals surface area contributed by atoms with E-state index >= 15 is 0 Å². The Hall–Kier alpha value is -1.99. The Labute approximate surface area is 125 Å². The van der Waals surface area contributed by atoms with Crippen molar-refractivity contribution < 1.29 is 27.4 Å². The Morgan fingerprint density at radius 3 is 2.59 bits per heavy atom. The Bertz CT molecular complexity index is 584. The summed E-state index contributed by atoms with van der Waals surface area (Å²) in [5, 5.41) is 12.8. The minimum Gasteiger partial charge on any atom is -0.467 e. The van der Waals surface area contributed by atoms with E-state index in [1.807, 2.05) is 0 Å². The molecule has 0 aliphatic carbocycles. The van der Waals surface area contributed by atoms with Crippen LogP contribution in [0.3, 0.4) is 0 Å². The molecule has 0 saturated heterocycles. The van der Waals surface area contributed by atoms with Crippen LogP contribution in [0.5, 0.6) is 5.75 Å². The highest BCUT2D eigenvalue weighted by Gasteiger charge is 2.32. The summed E-state index contributed by atoms with van der Waals surface area (Å²) in [4.78, 5) is 0. The number of benzene rings is 1. The first kappa shape index (κ1) is 16.4. The number of furan rings is 1. The normalized spacial score (nSPS) is 14.6. The van der Waals surface area contributed by atoms with Crippen LogP contribution in [0.4, 0.5) is 13.2 Å². The van der Waals surface area contributed by atoms with Gasteiger partial charge in [-0.2, -0.15) is 0 Å². The van der Waals surface area contributed by atoms with Crippen molar-refractivity contribution in [3.05, 3.63) is 54.0 Å². The van der Waals surface area contributed by atoms with Crippen molar-refractivity contribution in [1.29, 1.82) is 0 Å². The lowest BCUT2D eigenvalue weighted by Gasteiger charge is -2.20.